The van der Waals surface area contributed by atoms with Crippen LogP contribution in [-0.2, 0) is 6.42 Å². The van der Waals surface area contributed by atoms with Crippen molar-refractivity contribution in [3.8, 4) is 5.75 Å². The molecule has 1 N–H and O–H groups in total. The van der Waals surface area contributed by atoms with Gasteiger partial charge >= 0.3 is 0 Å². The van der Waals surface area contributed by atoms with Gasteiger partial charge in [-0.2, -0.15) is 0 Å². The van der Waals surface area contributed by atoms with Crippen molar-refractivity contribution in [1.82, 2.24) is 5.32 Å². The zero-order valence-corrected chi connectivity index (χ0v) is 13.4. The Bertz CT molecular complexity index is 445. The quantitative estimate of drug-likeness (QED) is 0.892. The highest BCUT2D eigenvalue weighted by atomic mass is 16.5. The lowest BCUT2D eigenvalue weighted by Gasteiger charge is -2.26. The molecule has 1 aromatic rings. The van der Waals surface area contributed by atoms with Crippen LogP contribution in [0.2, 0.25) is 0 Å². The van der Waals surface area contributed by atoms with Crippen molar-refractivity contribution in [3.63, 3.8) is 0 Å². The number of piperidine rings is 1. The molecule has 0 amide bonds. The van der Waals surface area contributed by atoms with Crippen LogP contribution in [-0.4, -0.2) is 20.2 Å². The third-order valence-electron chi connectivity index (χ3n) is 5.26. The van der Waals surface area contributed by atoms with Crippen LogP contribution >= 0.6 is 0 Å². The Hall–Kier alpha value is -1.02. The van der Waals surface area contributed by atoms with Crippen LogP contribution in [0.3, 0.4) is 0 Å². The summed E-state index contributed by atoms with van der Waals surface area (Å²) in [5.41, 5.74) is 2.98. The first-order chi connectivity index (χ1) is 10.4. The van der Waals surface area contributed by atoms with Crippen LogP contribution in [0.1, 0.15) is 62.0 Å². The average molecular weight is 287 g/mol. The molecular formula is C19H29NO. The van der Waals surface area contributed by atoms with E-state index in [0.717, 1.165) is 17.6 Å². The minimum absolute atomic E-state index is 0.720. The molecule has 116 valence electrons. The number of benzene rings is 1. The predicted octanol–water partition coefficient (Wildman–Crippen LogP) is 4.29. The first kappa shape index (κ1) is 14.9. The maximum atomic E-state index is 5.63. The van der Waals surface area contributed by atoms with Crippen molar-refractivity contribution in [2.45, 2.75) is 57.3 Å². The van der Waals surface area contributed by atoms with Crippen molar-refractivity contribution in [2.24, 2.45) is 5.92 Å². The van der Waals surface area contributed by atoms with Gasteiger partial charge in [0, 0.05) is 0 Å². The van der Waals surface area contributed by atoms with Crippen molar-refractivity contribution < 1.29 is 4.74 Å². The Balaban J connectivity index is 1.75. The van der Waals surface area contributed by atoms with E-state index >= 15 is 0 Å². The monoisotopic (exact) mass is 287 g/mol. The smallest absolute Gasteiger partial charge is 0.122 e. The fourth-order valence-electron chi connectivity index (χ4n) is 4.07. The summed E-state index contributed by atoms with van der Waals surface area (Å²) < 4.78 is 5.63. The number of hydrogen-bond acceptors (Lipinski definition) is 2. The fraction of sp³-hybridized carbons (Fsp3) is 0.684. The second kappa shape index (κ2) is 7.31. The van der Waals surface area contributed by atoms with Gasteiger partial charge in [0.2, 0.25) is 0 Å². The molecule has 2 heteroatoms. The number of ether oxygens (including phenoxy) is 1. The highest BCUT2D eigenvalue weighted by molar-refractivity contribution is 5.40. The van der Waals surface area contributed by atoms with E-state index in [-0.39, 0.29) is 0 Å². The van der Waals surface area contributed by atoms with E-state index in [2.05, 4.69) is 23.5 Å². The minimum atomic E-state index is 0.720. The van der Waals surface area contributed by atoms with E-state index in [1.54, 1.807) is 0 Å². The van der Waals surface area contributed by atoms with E-state index < -0.39 is 0 Å². The van der Waals surface area contributed by atoms with Crippen LogP contribution in [0.25, 0.3) is 0 Å². The first-order valence-electron chi connectivity index (χ1n) is 8.74. The van der Waals surface area contributed by atoms with Crippen molar-refractivity contribution >= 4 is 0 Å². The molecule has 0 bridgehead atoms. The normalized spacial score (nSPS) is 24.0. The van der Waals surface area contributed by atoms with Crippen LogP contribution in [0.4, 0.5) is 0 Å². The molecule has 3 rings (SSSR count). The molecule has 1 aliphatic carbocycles. The van der Waals surface area contributed by atoms with Crippen molar-refractivity contribution in [2.75, 3.05) is 20.2 Å². The van der Waals surface area contributed by atoms with E-state index in [0.29, 0.717) is 0 Å². The zero-order valence-electron chi connectivity index (χ0n) is 13.4. The van der Waals surface area contributed by atoms with Gasteiger partial charge in [-0.1, -0.05) is 31.4 Å². The number of hydrogen-bond donors (Lipinski definition) is 1. The number of nitrogens with one attached hydrogen (secondary N) is 1. The molecule has 1 aromatic carbocycles. The van der Waals surface area contributed by atoms with Crippen LogP contribution in [0.5, 0.6) is 5.75 Å². The zero-order chi connectivity index (χ0) is 14.5. The van der Waals surface area contributed by atoms with Gasteiger partial charge in [0.25, 0.3) is 0 Å². The van der Waals surface area contributed by atoms with Gasteiger partial charge in [-0.15, -0.1) is 0 Å². The summed E-state index contributed by atoms with van der Waals surface area (Å²) in [6.45, 7) is 2.39. The molecule has 0 spiro atoms. The lowest BCUT2D eigenvalue weighted by Crippen LogP contribution is -2.30. The molecule has 2 nitrogen and oxygen atoms in total. The van der Waals surface area contributed by atoms with Gasteiger partial charge in [0.05, 0.1) is 7.11 Å². The molecule has 1 saturated heterocycles. The Morgan fingerprint density at radius 3 is 2.67 bits per heavy atom. The standard InChI is InChI=1S/C19H29NO/c1-21-19-10-9-15(12-16-6-5-11-20-14-16)13-18(19)17-7-3-2-4-8-17/h9-10,13,16-17,20H,2-8,11-12,14H2,1H3. The third kappa shape index (κ3) is 3.79. The van der Waals surface area contributed by atoms with Crippen LogP contribution < -0.4 is 10.1 Å². The Kier molecular flexibility index (Phi) is 5.18. The summed E-state index contributed by atoms with van der Waals surface area (Å²) >= 11 is 0. The van der Waals surface area contributed by atoms with E-state index in [1.165, 1.54) is 75.6 Å². The molecule has 0 aromatic heterocycles. The van der Waals surface area contributed by atoms with Gasteiger partial charge < -0.3 is 10.1 Å². The van der Waals surface area contributed by atoms with Gasteiger partial charge in [-0.3, -0.25) is 0 Å². The molecule has 1 atom stereocenters. The van der Waals surface area contributed by atoms with Crippen LogP contribution in [0.15, 0.2) is 18.2 Å². The van der Waals surface area contributed by atoms with E-state index in [1.807, 2.05) is 7.11 Å². The van der Waals surface area contributed by atoms with E-state index in [9.17, 15) is 0 Å². The topological polar surface area (TPSA) is 21.3 Å². The fourth-order valence-corrected chi connectivity index (χ4v) is 4.07. The minimum Gasteiger partial charge on any atom is -0.496 e. The number of methoxy groups -OCH3 is 1. The van der Waals surface area contributed by atoms with Gasteiger partial charge in [0.15, 0.2) is 0 Å². The van der Waals surface area contributed by atoms with Gasteiger partial charge in [-0.25, -0.2) is 0 Å². The SMILES string of the molecule is COc1ccc(CC2CCCNC2)cc1C1CCCCC1. The average Bonchev–Trinajstić information content (AvgIpc) is 2.56. The summed E-state index contributed by atoms with van der Waals surface area (Å²) in [7, 11) is 1.81. The van der Waals surface area contributed by atoms with Gasteiger partial charge in [-0.05, 0) is 74.2 Å². The predicted molar refractivity (Wildman–Crippen MR) is 88.1 cm³/mol. The summed E-state index contributed by atoms with van der Waals surface area (Å²) in [6, 6.07) is 6.93. The third-order valence-corrected chi connectivity index (χ3v) is 5.26. The second-order valence-corrected chi connectivity index (χ2v) is 6.83. The molecule has 1 unspecified atom stereocenters. The summed E-state index contributed by atoms with van der Waals surface area (Å²) in [4.78, 5) is 0. The summed E-state index contributed by atoms with van der Waals surface area (Å²) in [5, 5.41) is 3.53. The lowest BCUT2D eigenvalue weighted by atomic mass is 9.82. The second-order valence-electron chi connectivity index (χ2n) is 6.83. The maximum Gasteiger partial charge on any atom is 0.122 e. The van der Waals surface area contributed by atoms with Gasteiger partial charge in [0.1, 0.15) is 5.75 Å². The molecule has 21 heavy (non-hydrogen) atoms. The lowest BCUT2D eigenvalue weighted by molar-refractivity contribution is 0.373. The van der Waals surface area contributed by atoms with Crippen molar-refractivity contribution in [1.29, 1.82) is 0 Å². The molecule has 2 fully saturated rings. The molecule has 1 heterocycles. The molecule has 2 aliphatic rings. The van der Waals surface area contributed by atoms with E-state index in [4.69, 9.17) is 4.74 Å². The molecule has 1 saturated carbocycles. The summed E-state index contributed by atoms with van der Waals surface area (Å²) in [5.74, 6) is 2.64. The van der Waals surface area contributed by atoms with Crippen LogP contribution in [0, 0.1) is 5.92 Å². The summed E-state index contributed by atoms with van der Waals surface area (Å²) in [6.07, 6.45) is 10.8. The largest absolute Gasteiger partial charge is 0.496 e. The Labute approximate surface area is 129 Å². The Morgan fingerprint density at radius 2 is 1.95 bits per heavy atom. The van der Waals surface area contributed by atoms with Crippen molar-refractivity contribution in [3.05, 3.63) is 29.3 Å². The molecular weight excluding hydrogens is 258 g/mol. The first-order valence-corrected chi connectivity index (χ1v) is 8.74. The highest BCUT2D eigenvalue weighted by Gasteiger charge is 2.20. The highest BCUT2D eigenvalue weighted by Crippen LogP contribution is 2.38. The molecule has 0 radical (unpaired) electrons. The Morgan fingerprint density at radius 1 is 1.10 bits per heavy atom. The maximum absolute atomic E-state index is 5.63. The molecule has 1 aliphatic heterocycles. The number of rotatable bonds is 4.